The average Bonchev–Trinajstić information content (AvgIpc) is 0.771. The molecule has 0 amide bonds. The summed E-state index contributed by atoms with van der Waals surface area (Å²) in [7, 11) is -55.2. The zero-order valence-electron chi connectivity index (χ0n) is 52.5. The summed E-state index contributed by atoms with van der Waals surface area (Å²) < 4.78 is 427. The van der Waals surface area contributed by atoms with Crippen molar-refractivity contribution in [3.8, 4) is 0 Å². The quantitative estimate of drug-likeness (QED) is 0.0366. The van der Waals surface area contributed by atoms with Gasteiger partial charge in [-0.3, -0.25) is 37.6 Å². The number of rotatable bonds is 30. The Kier molecular flexibility index (Phi) is 57.6. The summed E-state index contributed by atoms with van der Waals surface area (Å²) >= 11 is 0. The van der Waals surface area contributed by atoms with E-state index in [1.807, 2.05) is 0 Å². The predicted octanol–water partition coefficient (Wildman–Crippen LogP) is -43.2. The average molecular weight is 1710 g/mol. The van der Waals surface area contributed by atoms with Gasteiger partial charge in [-0.05, 0) is 0 Å². The van der Waals surface area contributed by atoms with Crippen LogP contribution in [0, 0.1) is 0 Å². The Bertz CT molecular complexity index is 3520. The predicted molar refractivity (Wildman–Crippen MR) is 232 cm³/mol. The second-order valence-corrected chi connectivity index (χ2v) is 26.2. The normalized spacial score (nSPS) is 32.7. The van der Waals surface area contributed by atoms with Crippen molar-refractivity contribution < 1.29 is 517 Å². The van der Waals surface area contributed by atoms with E-state index in [2.05, 4.69) is 37.6 Å². The maximum Gasteiger partial charge on any atom is 1.00 e. The van der Waals surface area contributed by atoms with E-state index in [4.69, 9.17) is 56.8 Å². The summed E-state index contributed by atoms with van der Waals surface area (Å²) in [5.41, 5.74) is 0. The van der Waals surface area contributed by atoms with Crippen LogP contribution >= 0.6 is 0 Å². The Hall–Kier alpha value is 7.82. The van der Waals surface area contributed by atoms with Gasteiger partial charge >= 0.3 is 296 Å². The van der Waals surface area contributed by atoms with Gasteiger partial charge in [-0.15, -0.1) is 0 Å². The van der Waals surface area contributed by atoms with Crippen LogP contribution in [0.2, 0.25) is 0 Å². The first kappa shape index (κ1) is 117. The van der Waals surface area contributed by atoms with Gasteiger partial charge in [-0.25, -0.2) is 75.8 Å². The molecule has 5 aliphatic rings. The molecule has 0 aliphatic carbocycles. The fraction of sp³-hybridized carbons (Fsp3) is 0.966. The Morgan fingerprint density at radius 3 is 0.765 bits per heavy atom. The Morgan fingerprint density at radius 1 is 0.276 bits per heavy atom. The summed E-state index contributed by atoms with van der Waals surface area (Å²) in [5.74, 6) is -2.61. The molecule has 5 aliphatic heterocycles. The molecule has 21 unspecified atom stereocenters. The standard InChI is InChI=1S/C29H48O50S9.10Na/c1-59-8-4-63-27(21(77-86(50,51)52)12(8)71-80(32,33)34)68-11-7-65-28(22(78-87(53,54)55)15(11)74-83(41,42)43)67-9-6-64-26(66-10-5-62-25(61-3)20(76-85(47,48)49)14(10)73-82(38,39)40)19(13(9)72-81(35,36)37)70-29-23(79-88(56,57)58)17(75-84(44,45)46)16(60-2)18(69-29)24(30)31;;;;;;;;;;/h8-23,25-29H,4-7H2,1-3H3,(H,30,31)(H,32,33,34)(H,35,36,37)(H,38,39,40)(H,41,42,43)(H,44,45,46)(H,47,48,49)(H,50,51,52)(H,53,54,55)(H,56,57,58);;;;;;;;;;/q;10*+1/p-10. The van der Waals surface area contributed by atoms with Gasteiger partial charge in [0.1, 0.15) is 73.2 Å². The van der Waals surface area contributed by atoms with Crippen molar-refractivity contribution in [2.75, 3.05) is 47.8 Å². The molecular formula is C29H38Na10O50S9. The van der Waals surface area contributed by atoms with Crippen LogP contribution in [-0.4, -0.2) is 300 Å². The molecule has 98 heavy (non-hydrogen) atoms. The Balaban J connectivity index is -0.00000212. The molecule has 5 saturated heterocycles. The van der Waals surface area contributed by atoms with Crippen LogP contribution < -0.4 is 301 Å². The fourth-order valence-corrected chi connectivity index (χ4v) is 12.9. The molecule has 0 aromatic rings. The molecule has 5 heterocycles. The van der Waals surface area contributed by atoms with Crippen molar-refractivity contribution in [2.24, 2.45) is 0 Å². The van der Waals surface area contributed by atoms with Crippen molar-refractivity contribution in [3.63, 3.8) is 0 Å². The molecule has 518 valence electrons. The number of methoxy groups -OCH3 is 3. The summed E-state index contributed by atoms with van der Waals surface area (Å²) in [4.78, 5) is 12.4. The molecular weight excluding hydrogens is 1670 g/mol. The van der Waals surface area contributed by atoms with Gasteiger partial charge in [0.05, 0.1) is 32.4 Å². The number of hydrogen-bond acceptors (Lipinski definition) is 50. The summed E-state index contributed by atoms with van der Waals surface area (Å²) in [6.45, 7) is -5.89. The zero-order valence-corrected chi connectivity index (χ0v) is 79.9. The van der Waals surface area contributed by atoms with Crippen LogP contribution in [-0.2, 0) is 193 Å². The van der Waals surface area contributed by atoms with Crippen molar-refractivity contribution in [1.82, 2.24) is 0 Å². The van der Waals surface area contributed by atoms with Crippen molar-refractivity contribution in [1.29, 1.82) is 0 Å². The third kappa shape index (κ3) is 39.4. The molecule has 0 saturated carbocycles. The van der Waals surface area contributed by atoms with Crippen LogP contribution in [0.3, 0.4) is 0 Å². The van der Waals surface area contributed by atoms with Crippen LogP contribution in [0.4, 0.5) is 0 Å². The van der Waals surface area contributed by atoms with Crippen LogP contribution in [0.15, 0.2) is 0 Å². The molecule has 0 aromatic heterocycles. The minimum atomic E-state index is -6.63. The third-order valence-electron chi connectivity index (χ3n) is 11.3. The van der Waals surface area contributed by atoms with Gasteiger partial charge in [0, 0.05) is 21.3 Å². The van der Waals surface area contributed by atoms with E-state index >= 15 is 0 Å². The molecule has 50 nitrogen and oxygen atoms in total. The molecule has 0 spiro atoms. The molecule has 5 rings (SSSR count). The molecule has 0 radical (unpaired) electrons. The topological polar surface area (TPSA) is 749 Å². The number of aliphatic carboxylic acids is 1. The molecule has 0 N–H and O–H groups in total. The maximum absolute atomic E-state index is 12.7. The largest absolute Gasteiger partial charge is 1.00 e. The second-order valence-electron chi connectivity index (χ2n) is 17.1. The van der Waals surface area contributed by atoms with Gasteiger partial charge in [-0.1, -0.05) is 0 Å². The van der Waals surface area contributed by atoms with Crippen molar-refractivity contribution >= 4 is 99.6 Å². The number of carbonyl (C=O) groups excluding carboxylic acids is 1. The van der Waals surface area contributed by atoms with Crippen molar-refractivity contribution in [2.45, 2.75) is 129 Å². The van der Waals surface area contributed by atoms with Crippen LogP contribution in [0.25, 0.3) is 0 Å². The van der Waals surface area contributed by atoms with Gasteiger partial charge in [0.2, 0.25) is 93.6 Å². The SMILES string of the molecule is COC1COC(OC2COC(OC3COC(OC4COC(OC)C(OS(=O)(=O)[O-])C4OS(=O)(=O)[O-])C(OC4OC(C(=O)[O-])C(OC)C(OS(=O)(=O)[O-])C4OS(=O)(=O)[O-])C3OS(=O)(=O)[O-])C(OS(=O)(=O)[O-])C2OS(=O)(=O)[O-])C(OS(=O)(=O)[O-])C1OS(=O)(=O)[O-].[Na+].[Na+].[Na+].[Na+].[Na+].[Na+].[Na+].[Na+].[Na+].[Na+]. The van der Waals surface area contributed by atoms with Crippen LogP contribution in [0.1, 0.15) is 0 Å². The van der Waals surface area contributed by atoms with E-state index in [9.17, 15) is 127 Å². The summed E-state index contributed by atoms with van der Waals surface area (Å²) in [5, 5.41) is 12.4. The first-order chi connectivity index (χ1) is 39.9. The van der Waals surface area contributed by atoms with E-state index in [1.165, 1.54) is 0 Å². The first-order valence-electron chi connectivity index (χ1n) is 22.2. The molecule has 21 atom stereocenters. The molecule has 0 aromatic carbocycles. The minimum absolute atomic E-state index is 0. The van der Waals surface area contributed by atoms with Gasteiger partial charge in [0.15, 0.2) is 55.9 Å². The first-order valence-corrected chi connectivity index (χ1v) is 34.2. The maximum atomic E-state index is 12.7. The molecule has 0 bridgehead atoms. The monoisotopic (exact) mass is 1700 g/mol. The fourth-order valence-electron chi connectivity index (χ4n) is 8.47. The molecule has 5 fully saturated rings. The zero-order chi connectivity index (χ0) is 66.9. The van der Waals surface area contributed by atoms with E-state index in [0.29, 0.717) is 14.2 Å². The Labute approximate surface area is 779 Å². The van der Waals surface area contributed by atoms with Gasteiger partial charge in [0.25, 0.3) is 0 Å². The van der Waals surface area contributed by atoms with E-state index < -0.39 is 255 Å². The smallest absolute Gasteiger partial charge is 0.726 e. The summed E-state index contributed by atoms with van der Waals surface area (Å²) in [6.07, 6.45) is -62.0. The van der Waals surface area contributed by atoms with Crippen LogP contribution in [0.5, 0.6) is 0 Å². The van der Waals surface area contributed by atoms with Gasteiger partial charge in [-0.2, -0.15) is 0 Å². The van der Waals surface area contributed by atoms with E-state index in [0.717, 1.165) is 7.11 Å². The summed E-state index contributed by atoms with van der Waals surface area (Å²) in [6, 6.07) is 0. The van der Waals surface area contributed by atoms with E-state index in [1.54, 1.807) is 0 Å². The Morgan fingerprint density at radius 2 is 0.500 bits per heavy atom. The third-order valence-corrected chi connectivity index (χ3v) is 15.5. The number of ether oxygens (including phenoxy) is 12. The second kappa shape index (κ2) is 48.4. The number of carbonyl (C=O) groups is 1. The van der Waals surface area contributed by atoms with Crippen molar-refractivity contribution in [3.05, 3.63) is 0 Å². The van der Waals surface area contributed by atoms with E-state index in [-0.39, 0.29) is 296 Å². The number of hydrogen-bond donors (Lipinski definition) is 0. The molecule has 69 heteroatoms. The number of carboxylic acids is 1. The number of carboxylic acid groups (broad SMARTS) is 1. The minimum Gasteiger partial charge on any atom is -0.726 e. The van der Waals surface area contributed by atoms with Gasteiger partial charge < -0.3 is 108 Å².